The molecule has 0 radical (unpaired) electrons. The van der Waals surface area contributed by atoms with Crippen LogP contribution in [0, 0.1) is 30.6 Å². The van der Waals surface area contributed by atoms with E-state index in [4.69, 9.17) is 0 Å². The zero-order valence-corrected chi connectivity index (χ0v) is 10.7. The summed E-state index contributed by atoms with van der Waals surface area (Å²) in [6, 6.07) is 0. The first-order chi connectivity index (χ1) is 8.66. The van der Waals surface area contributed by atoms with E-state index in [9.17, 15) is 9.59 Å². The third-order valence-corrected chi connectivity index (χ3v) is 5.21. The number of carbonyl (C=O) groups is 2. The largest absolute Gasteiger partial charge is 0.274 e. The van der Waals surface area contributed by atoms with Gasteiger partial charge in [-0.25, -0.2) is 9.88 Å². The second-order valence-electron chi connectivity index (χ2n) is 5.28. The number of aromatic nitrogens is 1. The van der Waals surface area contributed by atoms with Crippen LogP contribution in [0.3, 0.4) is 0 Å². The molecule has 1 saturated heterocycles. The van der Waals surface area contributed by atoms with Crippen molar-refractivity contribution in [1.82, 2.24) is 4.98 Å². The second-order valence-corrected chi connectivity index (χ2v) is 6.12. The van der Waals surface area contributed by atoms with Crippen molar-refractivity contribution in [2.45, 2.75) is 13.3 Å². The van der Waals surface area contributed by atoms with Gasteiger partial charge in [0, 0.05) is 5.38 Å². The van der Waals surface area contributed by atoms with Crippen LogP contribution in [-0.2, 0) is 9.59 Å². The minimum atomic E-state index is -0.128. The molecular weight excluding hydrogens is 248 g/mol. The van der Waals surface area contributed by atoms with Crippen molar-refractivity contribution in [2.75, 3.05) is 4.90 Å². The molecule has 5 heteroatoms. The zero-order chi connectivity index (χ0) is 12.4. The lowest BCUT2D eigenvalue weighted by atomic mass is 9.85. The Morgan fingerprint density at radius 3 is 2.33 bits per heavy atom. The fraction of sp³-hybridized carbons (Fsp3) is 0.462. The molecule has 1 saturated carbocycles. The molecule has 2 heterocycles. The number of allylic oxidation sites excluding steroid dienone is 2. The van der Waals surface area contributed by atoms with Gasteiger partial charge in [-0.2, -0.15) is 0 Å². The molecular formula is C13H12N2O2S. The summed E-state index contributed by atoms with van der Waals surface area (Å²) < 4.78 is 0. The average Bonchev–Trinajstić information content (AvgIpc) is 3.05. The van der Waals surface area contributed by atoms with Gasteiger partial charge in [0.1, 0.15) is 0 Å². The molecule has 1 aromatic heterocycles. The number of rotatable bonds is 1. The SMILES string of the molecule is Cc1csc(N2C(=O)C3C4C=CC(C4)C3C2=O)n1. The van der Waals surface area contributed by atoms with Crippen molar-refractivity contribution in [2.24, 2.45) is 23.7 Å². The molecule has 4 nitrogen and oxygen atoms in total. The number of thiazole rings is 1. The number of aryl methyl sites for hydroxylation is 1. The van der Waals surface area contributed by atoms with Crippen molar-refractivity contribution in [3.8, 4) is 0 Å². The normalized spacial score (nSPS) is 36.8. The fourth-order valence-electron chi connectivity index (χ4n) is 3.54. The second kappa shape index (κ2) is 3.29. The molecule has 1 aromatic rings. The highest BCUT2D eigenvalue weighted by Crippen LogP contribution is 2.53. The van der Waals surface area contributed by atoms with Crippen LogP contribution in [0.5, 0.6) is 0 Å². The van der Waals surface area contributed by atoms with Gasteiger partial charge < -0.3 is 0 Å². The standard InChI is InChI=1S/C13H12N2O2S/c1-6-5-18-13(14-6)15-11(16)9-7-2-3-8(4-7)10(9)12(15)17/h2-3,5,7-10H,4H2,1H3. The highest BCUT2D eigenvalue weighted by atomic mass is 32.1. The number of carbonyl (C=O) groups excluding carboxylic acids is 2. The third-order valence-electron chi connectivity index (χ3n) is 4.27. The first-order valence-electron chi connectivity index (χ1n) is 6.15. The Morgan fingerprint density at radius 2 is 1.83 bits per heavy atom. The number of imide groups is 1. The molecule has 18 heavy (non-hydrogen) atoms. The molecule has 2 amide bonds. The average molecular weight is 260 g/mol. The van der Waals surface area contributed by atoms with E-state index in [-0.39, 0.29) is 35.5 Å². The summed E-state index contributed by atoms with van der Waals surface area (Å²) in [6.07, 6.45) is 5.18. The van der Waals surface area contributed by atoms with Crippen LogP contribution in [0.15, 0.2) is 17.5 Å². The van der Waals surface area contributed by atoms with Gasteiger partial charge >= 0.3 is 0 Å². The highest BCUT2D eigenvalue weighted by molar-refractivity contribution is 7.14. The molecule has 2 aliphatic carbocycles. The first-order valence-corrected chi connectivity index (χ1v) is 7.03. The molecule has 1 aliphatic heterocycles. The number of amides is 2. The summed E-state index contributed by atoms with van der Waals surface area (Å²) in [5, 5.41) is 2.41. The van der Waals surface area contributed by atoms with Gasteiger partial charge in [0.2, 0.25) is 11.8 Å². The number of hydrogen-bond acceptors (Lipinski definition) is 4. The topological polar surface area (TPSA) is 50.3 Å². The quantitative estimate of drug-likeness (QED) is 0.571. The van der Waals surface area contributed by atoms with Gasteiger partial charge in [-0.3, -0.25) is 9.59 Å². The van der Waals surface area contributed by atoms with Crippen LogP contribution in [0.4, 0.5) is 5.13 Å². The van der Waals surface area contributed by atoms with Gasteiger partial charge in [-0.15, -0.1) is 11.3 Å². The molecule has 3 aliphatic rings. The molecule has 0 spiro atoms. The Hall–Kier alpha value is -1.49. The van der Waals surface area contributed by atoms with Crippen LogP contribution in [0.1, 0.15) is 12.1 Å². The fourth-order valence-corrected chi connectivity index (χ4v) is 4.35. The highest BCUT2D eigenvalue weighted by Gasteiger charge is 2.60. The van der Waals surface area contributed by atoms with Gasteiger partial charge in [0.05, 0.1) is 17.5 Å². The summed E-state index contributed by atoms with van der Waals surface area (Å²) in [5.41, 5.74) is 0.855. The maximum atomic E-state index is 12.4. The number of anilines is 1. The Kier molecular flexibility index (Phi) is 1.91. The molecule has 92 valence electrons. The van der Waals surface area contributed by atoms with Crippen LogP contribution in [-0.4, -0.2) is 16.8 Å². The number of nitrogens with zero attached hydrogens (tertiary/aromatic N) is 2. The van der Waals surface area contributed by atoms with E-state index >= 15 is 0 Å². The molecule has 0 N–H and O–H groups in total. The lowest BCUT2D eigenvalue weighted by Crippen LogP contribution is -2.32. The van der Waals surface area contributed by atoms with Gasteiger partial charge in [-0.05, 0) is 25.2 Å². The van der Waals surface area contributed by atoms with Gasteiger partial charge in [0.15, 0.2) is 5.13 Å². The zero-order valence-electron chi connectivity index (χ0n) is 9.87. The van der Waals surface area contributed by atoms with Crippen LogP contribution in [0.2, 0.25) is 0 Å². The van der Waals surface area contributed by atoms with E-state index in [2.05, 4.69) is 17.1 Å². The molecule has 4 rings (SSSR count). The summed E-state index contributed by atoms with van der Waals surface area (Å²) >= 11 is 1.37. The lowest BCUT2D eigenvalue weighted by Gasteiger charge is -2.14. The predicted molar refractivity (Wildman–Crippen MR) is 67.1 cm³/mol. The van der Waals surface area contributed by atoms with Crippen LogP contribution >= 0.6 is 11.3 Å². The number of fused-ring (bicyclic) bond motifs is 5. The molecule has 2 fully saturated rings. The monoisotopic (exact) mass is 260 g/mol. The summed E-state index contributed by atoms with van der Waals surface area (Å²) in [6.45, 7) is 1.87. The van der Waals surface area contributed by atoms with Crippen molar-refractivity contribution in [3.05, 3.63) is 23.2 Å². The van der Waals surface area contributed by atoms with E-state index in [0.29, 0.717) is 5.13 Å². The van der Waals surface area contributed by atoms with Crippen molar-refractivity contribution < 1.29 is 9.59 Å². The number of hydrogen-bond donors (Lipinski definition) is 0. The van der Waals surface area contributed by atoms with Crippen molar-refractivity contribution >= 4 is 28.3 Å². The molecule has 4 atom stereocenters. The minimum absolute atomic E-state index is 0.0452. The summed E-state index contributed by atoms with van der Waals surface area (Å²) in [7, 11) is 0. The summed E-state index contributed by atoms with van der Waals surface area (Å²) in [5.74, 6) is 0.186. The smallest absolute Gasteiger partial charge is 0.240 e. The van der Waals surface area contributed by atoms with Crippen LogP contribution < -0.4 is 4.90 Å². The van der Waals surface area contributed by atoms with Crippen LogP contribution in [0.25, 0.3) is 0 Å². The van der Waals surface area contributed by atoms with E-state index in [0.717, 1.165) is 12.1 Å². The summed E-state index contributed by atoms with van der Waals surface area (Å²) in [4.78, 5) is 30.5. The maximum absolute atomic E-state index is 12.4. The third kappa shape index (κ3) is 1.13. The van der Waals surface area contributed by atoms with E-state index < -0.39 is 0 Å². The maximum Gasteiger partial charge on any atom is 0.240 e. The predicted octanol–water partition coefficient (Wildman–Crippen LogP) is 1.76. The molecule has 4 unspecified atom stereocenters. The Labute approximate surface area is 108 Å². The van der Waals surface area contributed by atoms with Crippen molar-refractivity contribution in [1.29, 1.82) is 0 Å². The minimum Gasteiger partial charge on any atom is -0.274 e. The van der Waals surface area contributed by atoms with E-state index in [1.165, 1.54) is 16.2 Å². The first kappa shape index (κ1) is 10.4. The molecule has 2 bridgehead atoms. The Balaban J connectivity index is 1.76. The Morgan fingerprint density at radius 1 is 1.22 bits per heavy atom. The van der Waals surface area contributed by atoms with E-state index in [1.807, 2.05) is 12.3 Å². The van der Waals surface area contributed by atoms with E-state index in [1.54, 1.807) is 0 Å². The van der Waals surface area contributed by atoms with Crippen molar-refractivity contribution in [3.63, 3.8) is 0 Å². The molecule has 0 aromatic carbocycles. The van der Waals surface area contributed by atoms with Gasteiger partial charge in [0.25, 0.3) is 0 Å². The van der Waals surface area contributed by atoms with Gasteiger partial charge in [-0.1, -0.05) is 12.2 Å². The Bertz CT molecular complexity index is 562. The lowest BCUT2D eigenvalue weighted by molar-refractivity contribution is -0.123.